The van der Waals surface area contributed by atoms with Crippen LogP contribution >= 0.6 is 7.14 Å². The van der Waals surface area contributed by atoms with Crippen molar-refractivity contribution in [3.8, 4) is 0 Å². The molecule has 0 aliphatic rings. The van der Waals surface area contributed by atoms with Crippen molar-refractivity contribution in [2.24, 2.45) is 0 Å². The Morgan fingerprint density at radius 2 is 1.20 bits per heavy atom. The Morgan fingerprint density at radius 3 is 1.70 bits per heavy atom. The van der Waals surface area contributed by atoms with E-state index in [2.05, 4.69) is 4.98 Å². The van der Waals surface area contributed by atoms with E-state index in [1.54, 1.807) is 24.4 Å². The number of benzene rings is 3. The van der Waals surface area contributed by atoms with Gasteiger partial charge in [0.05, 0.1) is 5.66 Å². The van der Waals surface area contributed by atoms with Crippen LogP contribution in [0.1, 0.15) is 28.1 Å². The maximum absolute atomic E-state index is 14.9. The third-order valence-corrected chi connectivity index (χ3v) is 8.72. The van der Waals surface area contributed by atoms with E-state index < -0.39 is 12.8 Å². The van der Waals surface area contributed by atoms with Crippen molar-refractivity contribution in [1.82, 2.24) is 4.98 Å². The fourth-order valence-electron chi connectivity index (χ4n) is 3.75. The van der Waals surface area contributed by atoms with E-state index in [-0.39, 0.29) is 12.2 Å². The largest absolute Gasteiger partial charge is 0.313 e. The van der Waals surface area contributed by atoms with Gasteiger partial charge in [0.25, 0.3) is 0 Å². The number of rotatable bonds is 7. The number of nitrogens with zero attached hydrogens (tertiary/aromatic N) is 1. The van der Waals surface area contributed by atoms with E-state index in [0.29, 0.717) is 5.69 Å². The molecule has 1 aromatic heterocycles. The number of ketones is 1. The van der Waals surface area contributed by atoms with Crippen LogP contribution in [0.3, 0.4) is 0 Å². The predicted octanol–water partition coefficient (Wildman–Crippen LogP) is 5.41. The quantitative estimate of drug-likeness (QED) is 0.302. The highest BCUT2D eigenvalue weighted by Crippen LogP contribution is 2.59. The lowest BCUT2D eigenvalue weighted by Gasteiger charge is -2.29. The summed E-state index contributed by atoms with van der Waals surface area (Å²) in [5.74, 6) is -0.114. The molecule has 1 atom stereocenters. The van der Waals surface area contributed by atoms with Gasteiger partial charge in [-0.1, -0.05) is 97.1 Å². The van der Waals surface area contributed by atoms with Gasteiger partial charge in [-0.2, -0.15) is 0 Å². The van der Waals surface area contributed by atoms with E-state index in [1.165, 1.54) is 0 Å². The van der Waals surface area contributed by atoms with Crippen molar-refractivity contribution < 1.29 is 9.36 Å². The Balaban J connectivity index is 1.88. The van der Waals surface area contributed by atoms with Crippen LogP contribution in [-0.4, -0.2) is 10.8 Å². The number of pyridine rings is 1. The Labute approximate surface area is 176 Å². The zero-order valence-corrected chi connectivity index (χ0v) is 17.4. The first-order valence-electron chi connectivity index (χ1n) is 9.90. The highest BCUT2D eigenvalue weighted by Gasteiger charge is 2.39. The van der Waals surface area contributed by atoms with Crippen LogP contribution < -0.4 is 10.6 Å². The molecule has 1 heterocycles. The molecular weight excluding hydrogens is 389 g/mol. The molecule has 3 aromatic carbocycles. The number of carbonyl (C=O) groups excluding carboxylic acids is 1. The van der Waals surface area contributed by atoms with Crippen LogP contribution in [0.4, 0.5) is 0 Å². The lowest BCUT2D eigenvalue weighted by molar-refractivity contribution is 0.0976. The maximum atomic E-state index is 14.9. The van der Waals surface area contributed by atoms with Gasteiger partial charge < -0.3 is 4.57 Å². The van der Waals surface area contributed by atoms with Crippen molar-refractivity contribution in [2.75, 3.05) is 0 Å². The molecule has 4 aromatic rings. The molecule has 3 nitrogen and oxygen atoms in total. The van der Waals surface area contributed by atoms with Crippen LogP contribution in [-0.2, 0) is 4.57 Å². The molecule has 0 radical (unpaired) electrons. The fourth-order valence-corrected chi connectivity index (χ4v) is 7.01. The molecule has 0 aliphatic carbocycles. The Hall–Kier alpha value is -3.29. The SMILES string of the molecule is O=C(CC(c1ccccc1)P(=O)(c1ccccc1)c1ccccc1)c1ccccn1. The number of hydrogen-bond acceptors (Lipinski definition) is 3. The first kappa shape index (κ1) is 20.0. The smallest absolute Gasteiger partial charge is 0.182 e. The van der Waals surface area contributed by atoms with Crippen LogP contribution in [0.5, 0.6) is 0 Å². The van der Waals surface area contributed by atoms with Gasteiger partial charge in [0, 0.05) is 23.2 Å². The Bertz CT molecular complexity index is 1100. The van der Waals surface area contributed by atoms with Gasteiger partial charge in [-0.15, -0.1) is 0 Å². The standard InChI is InChI=1S/C26H22NO2P/c28-25(24-18-10-11-19-27-24)20-26(21-12-4-1-5-13-21)30(29,22-14-6-2-7-15-22)23-16-8-3-9-17-23/h1-19,26H,20H2. The lowest BCUT2D eigenvalue weighted by Crippen LogP contribution is -2.23. The van der Waals surface area contributed by atoms with E-state index in [1.807, 2.05) is 91.0 Å². The van der Waals surface area contributed by atoms with E-state index >= 15 is 0 Å². The molecule has 30 heavy (non-hydrogen) atoms. The second kappa shape index (κ2) is 9.02. The molecule has 1 unspecified atom stereocenters. The number of carbonyl (C=O) groups is 1. The minimum absolute atomic E-state index is 0.113. The second-order valence-corrected chi connectivity index (χ2v) is 10.1. The molecule has 0 saturated carbocycles. The summed E-state index contributed by atoms with van der Waals surface area (Å²) in [6, 6.07) is 34.0. The predicted molar refractivity (Wildman–Crippen MR) is 122 cm³/mol. The molecule has 0 saturated heterocycles. The summed E-state index contributed by atoms with van der Waals surface area (Å²) in [5.41, 5.74) is 0.793. The minimum Gasteiger partial charge on any atom is -0.313 e. The molecular formula is C26H22NO2P. The summed E-state index contributed by atoms with van der Waals surface area (Å²) in [4.78, 5) is 17.4. The zero-order valence-electron chi connectivity index (χ0n) is 16.5. The van der Waals surface area contributed by atoms with Crippen molar-refractivity contribution in [2.45, 2.75) is 12.1 Å². The first-order valence-corrected chi connectivity index (χ1v) is 11.7. The summed E-state index contributed by atoms with van der Waals surface area (Å²) in [5, 5.41) is 1.50. The third kappa shape index (κ3) is 4.03. The first-order chi connectivity index (χ1) is 14.7. The highest BCUT2D eigenvalue weighted by molar-refractivity contribution is 7.79. The van der Waals surface area contributed by atoms with Crippen molar-refractivity contribution in [3.05, 3.63) is 127 Å². The van der Waals surface area contributed by atoms with Gasteiger partial charge in [-0.25, -0.2) is 0 Å². The lowest BCUT2D eigenvalue weighted by atomic mass is 10.1. The van der Waals surface area contributed by atoms with Crippen molar-refractivity contribution in [1.29, 1.82) is 0 Å². The average molecular weight is 411 g/mol. The Morgan fingerprint density at radius 1 is 0.700 bits per heavy atom. The fraction of sp³-hybridized carbons (Fsp3) is 0.0769. The van der Waals surface area contributed by atoms with Gasteiger partial charge in [0.1, 0.15) is 5.69 Å². The maximum Gasteiger partial charge on any atom is 0.182 e. The molecule has 0 fully saturated rings. The average Bonchev–Trinajstić information content (AvgIpc) is 2.84. The molecule has 0 N–H and O–H groups in total. The van der Waals surface area contributed by atoms with Gasteiger partial charge in [-0.3, -0.25) is 9.78 Å². The zero-order chi connectivity index (χ0) is 20.8. The van der Waals surface area contributed by atoms with Crippen LogP contribution in [0.2, 0.25) is 0 Å². The van der Waals surface area contributed by atoms with Crippen molar-refractivity contribution >= 4 is 23.5 Å². The monoisotopic (exact) mass is 411 g/mol. The van der Waals surface area contributed by atoms with Gasteiger partial charge in [0.15, 0.2) is 12.9 Å². The van der Waals surface area contributed by atoms with E-state index in [4.69, 9.17) is 0 Å². The van der Waals surface area contributed by atoms with Crippen LogP contribution in [0.15, 0.2) is 115 Å². The van der Waals surface area contributed by atoms with Gasteiger partial charge >= 0.3 is 0 Å². The minimum atomic E-state index is -3.18. The van der Waals surface area contributed by atoms with E-state index in [9.17, 15) is 9.36 Å². The molecule has 148 valence electrons. The van der Waals surface area contributed by atoms with Gasteiger partial charge in [-0.05, 0) is 17.7 Å². The topological polar surface area (TPSA) is 47.0 Å². The second-order valence-electron chi connectivity index (χ2n) is 7.10. The molecule has 0 spiro atoms. The third-order valence-electron chi connectivity index (χ3n) is 5.23. The summed E-state index contributed by atoms with van der Waals surface area (Å²) in [6.07, 6.45) is 1.72. The molecule has 0 aliphatic heterocycles. The number of Topliss-reactive ketones (excluding diaryl/α,β-unsaturated/α-hetero) is 1. The summed E-state index contributed by atoms with van der Waals surface area (Å²) in [6.45, 7) is 0. The Kier molecular flexibility index (Phi) is 6.02. The summed E-state index contributed by atoms with van der Waals surface area (Å²) >= 11 is 0. The molecule has 4 heteroatoms. The normalized spacial score (nSPS) is 12.3. The van der Waals surface area contributed by atoms with Gasteiger partial charge in [0.2, 0.25) is 0 Å². The summed E-state index contributed by atoms with van der Waals surface area (Å²) < 4.78 is 14.9. The van der Waals surface area contributed by atoms with E-state index in [0.717, 1.165) is 16.2 Å². The summed E-state index contributed by atoms with van der Waals surface area (Å²) in [7, 11) is -3.18. The van der Waals surface area contributed by atoms with Crippen molar-refractivity contribution in [3.63, 3.8) is 0 Å². The highest BCUT2D eigenvalue weighted by atomic mass is 31.2. The number of aromatic nitrogens is 1. The molecule has 0 amide bonds. The molecule has 4 rings (SSSR count). The van der Waals surface area contributed by atoms with Crippen LogP contribution in [0.25, 0.3) is 0 Å². The van der Waals surface area contributed by atoms with Crippen LogP contribution in [0, 0.1) is 0 Å². The molecule has 0 bridgehead atoms. The number of hydrogen-bond donors (Lipinski definition) is 0.